The largest absolute Gasteiger partial charge is 0.508 e. The van der Waals surface area contributed by atoms with E-state index < -0.39 is 5.85 Å². The zero-order valence-electron chi connectivity index (χ0n) is 14.4. The summed E-state index contributed by atoms with van der Waals surface area (Å²) < 4.78 is 0. The maximum atomic E-state index is 11.8. The normalized spacial score (nSPS) is 13.4. The number of para-hydroxylation sites is 2. The molecule has 4 nitrogen and oxygen atoms in total. The second kappa shape index (κ2) is 6.97. The highest BCUT2D eigenvalue weighted by Crippen LogP contribution is 2.39. The molecule has 1 unspecified atom stereocenters. The summed E-state index contributed by atoms with van der Waals surface area (Å²) in [6, 6.07) is 26.1. The van der Waals surface area contributed by atoms with Gasteiger partial charge < -0.3 is 10.2 Å². The highest BCUT2D eigenvalue weighted by atomic mass is 16.3. The van der Waals surface area contributed by atoms with Crippen LogP contribution in [0, 0.1) is 0 Å². The molecule has 0 aliphatic heterocycles. The number of phenols is 1. The average molecular weight is 334 g/mol. The number of aromatic hydroxyl groups is 1. The van der Waals surface area contributed by atoms with Gasteiger partial charge in [-0.2, -0.15) is 0 Å². The van der Waals surface area contributed by atoms with Crippen molar-refractivity contribution in [3.63, 3.8) is 0 Å². The number of rotatable bonds is 5. The summed E-state index contributed by atoms with van der Waals surface area (Å²) in [4.78, 5) is 3.62. The highest BCUT2D eigenvalue weighted by Gasteiger charge is 2.40. The smallest absolute Gasteiger partial charge is 0.229 e. The molecule has 0 aliphatic carbocycles. The molecule has 3 rings (SSSR count). The van der Waals surface area contributed by atoms with E-state index in [4.69, 9.17) is 0 Å². The predicted octanol–water partition coefficient (Wildman–Crippen LogP) is 3.89. The second-order valence-corrected chi connectivity index (χ2v) is 6.08. The molecule has 3 aromatic carbocycles. The molecule has 25 heavy (non-hydrogen) atoms. The molecule has 2 N–H and O–H groups in total. The first kappa shape index (κ1) is 17.0. The van der Waals surface area contributed by atoms with Crippen LogP contribution < -0.4 is 4.90 Å². The maximum Gasteiger partial charge on any atom is 0.229 e. The first-order valence-corrected chi connectivity index (χ1v) is 8.13. The molecule has 4 heteroatoms. The quantitative estimate of drug-likeness (QED) is 0.695. The van der Waals surface area contributed by atoms with Crippen LogP contribution in [0.15, 0.2) is 84.9 Å². The molecule has 0 aliphatic rings. The number of phenolic OH excluding ortho intramolecular Hbond substituents is 1. The summed E-state index contributed by atoms with van der Waals surface area (Å²) in [6.45, 7) is 0. The van der Waals surface area contributed by atoms with Gasteiger partial charge in [-0.3, -0.25) is 9.80 Å². The molecule has 128 valence electrons. The number of hydrogen-bond acceptors (Lipinski definition) is 4. The molecule has 0 fully saturated rings. The molecular formula is C21H22N2O2. The lowest BCUT2D eigenvalue weighted by Gasteiger charge is -2.45. The SMILES string of the molecule is CN(C)C(O)(c1ccc(O)cc1)N(c1ccccc1)c1ccccc1. The van der Waals surface area contributed by atoms with Crippen molar-refractivity contribution in [3.8, 4) is 5.75 Å². The Kier molecular flexibility index (Phi) is 4.74. The number of benzene rings is 3. The van der Waals surface area contributed by atoms with E-state index in [0.29, 0.717) is 5.56 Å². The fourth-order valence-corrected chi connectivity index (χ4v) is 2.94. The Morgan fingerprint density at radius 3 is 1.52 bits per heavy atom. The topological polar surface area (TPSA) is 46.9 Å². The van der Waals surface area contributed by atoms with Gasteiger partial charge in [0.05, 0.1) is 0 Å². The van der Waals surface area contributed by atoms with Crippen LogP contribution in [-0.4, -0.2) is 29.2 Å². The number of hydrogen-bond donors (Lipinski definition) is 2. The van der Waals surface area contributed by atoms with Crippen LogP contribution in [0.3, 0.4) is 0 Å². The van der Waals surface area contributed by atoms with Crippen LogP contribution >= 0.6 is 0 Å². The van der Waals surface area contributed by atoms with Crippen molar-refractivity contribution in [2.75, 3.05) is 19.0 Å². The first-order chi connectivity index (χ1) is 12.0. The molecule has 0 saturated heterocycles. The summed E-state index contributed by atoms with van der Waals surface area (Å²) in [5.74, 6) is -1.27. The van der Waals surface area contributed by atoms with Crippen LogP contribution in [0.2, 0.25) is 0 Å². The third kappa shape index (κ3) is 3.22. The first-order valence-electron chi connectivity index (χ1n) is 8.13. The third-order valence-corrected chi connectivity index (χ3v) is 4.22. The van der Waals surface area contributed by atoms with E-state index in [2.05, 4.69) is 0 Å². The van der Waals surface area contributed by atoms with Crippen molar-refractivity contribution >= 4 is 11.4 Å². The Morgan fingerprint density at radius 2 is 1.12 bits per heavy atom. The van der Waals surface area contributed by atoms with Gasteiger partial charge in [-0.15, -0.1) is 0 Å². The van der Waals surface area contributed by atoms with Gasteiger partial charge in [-0.1, -0.05) is 36.4 Å². The van der Waals surface area contributed by atoms with Gasteiger partial charge in [-0.25, -0.2) is 0 Å². The van der Waals surface area contributed by atoms with Gasteiger partial charge in [0.2, 0.25) is 5.85 Å². The van der Waals surface area contributed by atoms with Crippen LogP contribution in [0.25, 0.3) is 0 Å². The maximum absolute atomic E-state index is 11.8. The predicted molar refractivity (Wildman–Crippen MR) is 101 cm³/mol. The molecule has 0 spiro atoms. The minimum Gasteiger partial charge on any atom is -0.508 e. The van der Waals surface area contributed by atoms with E-state index in [9.17, 15) is 10.2 Å². The van der Waals surface area contributed by atoms with Crippen LogP contribution in [-0.2, 0) is 5.85 Å². The molecular weight excluding hydrogens is 312 g/mol. The van der Waals surface area contributed by atoms with Crippen LogP contribution in [0.5, 0.6) is 5.75 Å². The van der Waals surface area contributed by atoms with Crippen molar-refractivity contribution in [1.82, 2.24) is 4.90 Å². The monoisotopic (exact) mass is 334 g/mol. The average Bonchev–Trinajstić information content (AvgIpc) is 2.64. The zero-order valence-corrected chi connectivity index (χ0v) is 14.4. The Bertz CT molecular complexity index is 765. The lowest BCUT2D eigenvalue weighted by Crippen LogP contribution is -2.53. The third-order valence-electron chi connectivity index (χ3n) is 4.22. The summed E-state index contributed by atoms with van der Waals surface area (Å²) >= 11 is 0. The van der Waals surface area contributed by atoms with Crippen molar-refractivity contribution in [2.45, 2.75) is 5.85 Å². The fourth-order valence-electron chi connectivity index (χ4n) is 2.94. The molecule has 0 bridgehead atoms. The van der Waals surface area contributed by atoms with Crippen molar-refractivity contribution in [3.05, 3.63) is 90.5 Å². The lowest BCUT2D eigenvalue weighted by atomic mass is 10.0. The molecule has 0 radical (unpaired) electrons. The van der Waals surface area contributed by atoms with E-state index in [1.165, 1.54) is 0 Å². The van der Waals surface area contributed by atoms with Gasteiger partial charge in [0.25, 0.3) is 0 Å². The Morgan fingerprint density at radius 1 is 0.680 bits per heavy atom. The fraction of sp³-hybridized carbons (Fsp3) is 0.143. The molecule has 0 saturated carbocycles. The van der Waals surface area contributed by atoms with Gasteiger partial charge in [0, 0.05) is 16.9 Å². The molecule has 0 heterocycles. The summed E-state index contributed by atoms with van der Waals surface area (Å²) in [7, 11) is 3.65. The standard InChI is InChI=1S/C21H22N2O2/c1-22(2)21(25,17-13-15-20(24)16-14-17)23(18-9-5-3-6-10-18)19-11-7-4-8-12-19/h3-16,24-25H,1-2H3. The molecule has 3 aromatic rings. The minimum absolute atomic E-state index is 0.163. The zero-order chi connectivity index (χ0) is 17.9. The van der Waals surface area contributed by atoms with E-state index >= 15 is 0 Å². The van der Waals surface area contributed by atoms with Gasteiger partial charge in [-0.05, 0) is 62.6 Å². The molecule has 0 amide bonds. The van der Waals surface area contributed by atoms with Crippen molar-refractivity contribution < 1.29 is 10.2 Å². The van der Waals surface area contributed by atoms with Crippen molar-refractivity contribution in [2.24, 2.45) is 0 Å². The Hall–Kier alpha value is -2.82. The van der Waals surface area contributed by atoms with Gasteiger partial charge in [0.15, 0.2) is 0 Å². The molecule has 1 atom stereocenters. The number of nitrogens with zero attached hydrogens (tertiary/aromatic N) is 2. The summed E-state index contributed by atoms with van der Waals surface area (Å²) in [6.07, 6.45) is 0. The van der Waals surface area contributed by atoms with Crippen molar-refractivity contribution in [1.29, 1.82) is 0 Å². The Labute approximate surface area is 148 Å². The highest BCUT2D eigenvalue weighted by molar-refractivity contribution is 5.65. The number of anilines is 2. The van der Waals surface area contributed by atoms with E-state index in [-0.39, 0.29) is 5.75 Å². The van der Waals surface area contributed by atoms with Crippen LogP contribution in [0.1, 0.15) is 5.56 Å². The summed E-state index contributed by atoms with van der Waals surface area (Å²) in [5.41, 5.74) is 2.37. The minimum atomic E-state index is -1.43. The Balaban J connectivity index is 2.22. The van der Waals surface area contributed by atoms with Gasteiger partial charge in [0.1, 0.15) is 5.75 Å². The van der Waals surface area contributed by atoms with Crippen LogP contribution in [0.4, 0.5) is 11.4 Å². The van der Waals surface area contributed by atoms with Gasteiger partial charge >= 0.3 is 0 Å². The summed E-state index contributed by atoms with van der Waals surface area (Å²) in [5, 5.41) is 21.4. The molecule has 0 aromatic heterocycles. The lowest BCUT2D eigenvalue weighted by molar-refractivity contribution is -0.0827. The van der Waals surface area contributed by atoms with E-state index in [1.807, 2.05) is 79.7 Å². The van der Waals surface area contributed by atoms with E-state index in [0.717, 1.165) is 11.4 Å². The number of aliphatic hydroxyl groups is 1. The second-order valence-electron chi connectivity index (χ2n) is 6.08. The van der Waals surface area contributed by atoms with E-state index in [1.54, 1.807) is 29.2 Å².